The van der Waals surface area contributed by atoms with Crippen LogP contribution < -0.4 is 4.72 Å². The van der Waals surface area contributed by atoms with Crippen LogP contribution in [0.4, 0.5) is 4.79 Å². The van der Waals surface area contributed by atoms with Gasteiger partial charge in [-0.15, -0.1) is 11.6 Å². The number of carbonyl (C=O) groups excluding carboxylic acids is 1. The minimum absolute atomic E-state index is 0.131. The van der Waals surface area contributed by atoms with Gasteiger partial charge in [0.2, 0.25) is 0 Å². The lowest BCUT2D eigenvalue weighted by molar-refractivity contribution is 0.158. The van der Waals surface area contributed by atoms with Gasteiger partial charge < -0.3 is 4.74 Å². The average Bonchev–Trinajstić information content (AvgIpc) is 2.65. The molecule has 1 fully saturated rings. The standard InChI is InChI=1S/C8H15ClN2O4S/c1-2-15-8(12)10-16(13,14)11-4-3-7(5-9)6-11/h7H,2-6H2,1H3,(H,10,12). The molecule has 0 aromatic rings. The molecule has 1 amide bonds. The molecule has 8 heteroatoms. The van der Waals surface area contributed by atoms with Crippen molar-refractivity contribution >= 4 is 27.9 Å². The van der Waals surface area contributed by atoms with E-state index in [2.05, 4.69) is 4.74 Å². The molecule has 0 saturated carbocycles. The van der Waals surface area contributed by atoms with E-state index >= 15 is 0 Å². The fraction of sp³-hybridized carbons (Fsp3) is 0.875. The third-order valence-electron chi connectivity index (χ3n) is 2.29. The zero-order valence-corrected chi connectivity index (χ0v) is 10.6. The Hall–Kier alpha value is -0.530. The summed E-state index contributed by atoms with van der Waals surface area (Å²) in [6, 6.07) is 0. The lowest BCUT2D eigenvalue weighted by Gasteiger charge is -2.16. The number of amides is 1. The lowest BCUT2D eigenvalue weighted by atomic mass is 10.2. The summed E-state index contributed by atoms with van der Waals surface area (Å²) in [6.07, 6.45) is -0.232. The molecule has 1 aliphatic rings. The molecule has 1 heterocycles. The quantitative estimate of drug-likeness (QED) is 0.757. The van der Waals surface area contributed by atoms with Crippen molar-refractivity contribution in [1.82, 2.24) is 9.03 Å². The Morgan fingerprint density at radius 2 is 2.31 bits per heavy atom. The Morgan fingerprint density at radius 1 is 1.62 bits per heavy atom. The van der Waals surface area contributed by atoms with Crippen LogP contribution in [-0.4, -0.2) is 44.4 Å². The van der Waals surface area contributed by atoms with E-state index in [0.29, 0.717) is 25.4 Å². The van der Waals surface area contributed by atoms with Crippen molar-refractivity contribution in [3.63, 3.8) is 0 Å². The van der Waals surface area contributed by atoms with Gasteiger partial charge in [0.15, 0.2) is 0 Å². The fourth-order valence-electron chi connectivity index (χ4n) is 1.47. The summed E-state index contributed by atoms with van der Waals surface area (Å²) in [4.78, 5) is 11.0. The molecule has 1 unspecified atom stereocenters. The maximum Gasteiger partial charge on any atom is 0.421 e. The van der Waals surface area contributed by atoms with Gasteiger partial charge in [0.05, 0.1) is 6.61 Å². The van der Waals surface area contributed by atoms with E-state index in [1.165, 1.54) is 4.31 Å². The van der Waals surface area contributed by atoms with Crippen LogP contribution in [0.3, 0.4) is 0 Å². The molecule has 0 aromatic heterocycles. The van der Waals surface area contributed by atoms with Gasteiger partial charge in [0.1, 0.15) is 0 Å². The van der Waals surface area contributed by atoms with Gasteiger partial charge in [-0.25, -0.2) is 9.52 Å². The van der Waals surface area contributed by atoms with E-state index in [-0.39, 0.29) is 12.5 Å². The second-order valence-corrected chi connectivity index (χ2v) is 5.47. The predicted molar refractivity (Wildman–Crippen MR) is 59.5 cm³/mol. The molecule has 0 bridgehead atoms. The largest absolute Gasteiger partial charge is 0.449 e. The highest BCUT2D eigenvalue weighted by Gasteiger charge is 2.32. The number of alkyl halides is 1. The van der Waals surface area contributed by atoms with E-state index in [0.717, 1.165) is 0 Å². The Labute approximate surface area is 100 Å². The lowest BCUT2D eigenvalue weighted by Crippen LogP contribution is -2.42. The van der Waals surface area contributed by atoms with Crippen molar-refractivity contribution in [1.29, 1.82) is 0 Å². The smallest absolute Gasteiger partial charge is 0.421 e. The highest BCUT2D eigenvalue weighted by atomic mass is 35.5. The van der Waals surface area contributed by atoms with Crippen molar-refractivity contribution in [2.24, 2.45) is 5.92 Å². The maximum atomic E-state index is 11.7. The van der Waals surface area contributed by atoms with Crippen LogP contribution in [-0.2, 0) is 14.9 Å². The first kappa shape index (κ1) is 13.5. The van der Waals surface area contributed by atoms with Crippen LogP contribution in [0.5, 0.6) is 0 Å². The van der Waals surface area contributed by atoms with Crippen LogP contribution in [0.15, 0.2) is 0 Å². The van der Waals surface area contributed by atoms with E-state index in [4.69, 9.17) is 11.6 Å². The third-order valence-corrected chi connectivity index (χ3v) is 4.17. The molecule has 1 aliphatic heterocycles. The molecule has 6 nitrogen and oxygen atoms in total. The molecule has 1 N–H and O–H groups in total. The Bertz CT molecular complexity index is 346. The topological polar surface area (TPSA) is 75.7 Å². The van der Waals surface area contributed by atoms with Crippen LogP contribution in [0.25, 0.3) is 0 Å². The Kier molecular flexibility index (Phi) is 4.82. The molecule has 0 spiro atoms. The van der Waals surface area contributed by atoms with Crippen LogP contribution in [0.1, 0.15) is 13.3 Å². The zero-order valence-electron chi connectivity index (χ0n) is 8.98. The number of hydrogen-bond donors (Lipinski definition) is 1. The first-order valence-electron chi connectivity index (χ1n) is 5.00. The Balaban J connectivity index is 2.55. The van der Waals surface area contributed by atoms with Crippen LogP contribution in [0.2, 0.25) is 0 Å². The summed E-state index contributed by atoms with van der Waals surface area (Å²) in [5, 5.41) is 0. The first-order valence-corrected chi connectivity index (χ1v) is 6.97. The number of rotatable bonds is 4. The summed E-state index contributed by atoms with van der Waals surface area (Å²) >= 11 is 5.65. The molecule has 94 valence electrons. The van der Waals surface area contributed by atoms with E-state index in [1.807, 2.05) is 4.72 Å². The number of nitrogens with zero attached hydrogens (tertiary/aromatic N) is 1. The average molecular weight is 271 g/mol. The van der Waals surface area contributed by atoms with Crippen molar-refractivity contribution in [2.75, 3.05) is 25.6 Å². The summed E-state index contributed by atoms with van der Waals surface area (Å²) in [7, 11) is -3.77. The summed E-state index contributed by atoms with van der Waals surface area (Å²) in [5.74, 6) is 0.575. The number of ether oxygens (including phenoxy) is 1. The number of halogens is 1. The van der Waals surface area contributed by atoms with Gasteiger partial charge in [0.25, 0.3) is 0 Å². The molecule has 0 radical (unpaired) electrons. The Morgan fingerprint density at radius 3 is 2.81 bits per heavy atom. The molecule has 1 saturated heterocycles. The maximum absolute atomic E-state index is 11.7. The SMILES string of the molecule is CCOC(=O)NS(=O)(=O)N1CCC(CCl)C1. The molecule has 16 heavy (non-hydrogen) atoms. The minimum Gasteiger partial charge on any atom is -0.449 e. The van der Waals surface area contributed by atoms with Gasteiger partial charge in [-0.3, -0.25) is 0 Å². The number of carbonyl (C=O) groups is 1. The van der Waals surface area contributed by atoms with E-state index < -0.39 is 16.3 Å². The van der Waals surface area contributed by atoms with Crippen molar-refractivity contribution < 1.29 is 17.9 Å². The van der Waals surface area contributed by atoms with Gasteiger partial charge in [0, 0.05) is 19.0 Å². The first-order chi connectivity index (χ1) is 7.49. The van der Waals surface area contributed by atoms with Gasteiger partial charge in [-0.1, -0.05) is 0 Å². The van der Waals surface area contributed by atoms with Crippen LogP contribution in [0, 0.1) is 5.92 Å². The highest BCUT2D eigenvalue weighted by molar-refractivity contribution is 7.87. The zero-order chi connectivity index (χ0) is 12.2. The molecular weight excluding hydrogens is 256 g/mol. The van der Waals surface area contributed by atoms with Crippen molar-refractivity contribution in [2.45, 2.75) is 13.3 Å². The van der Waals surface area contributed by atoms with Gasteiger partial charge in [-0.05, 0) is 19.3 Å². The third kappa shape index (κ3) is 3.50. The van der Waals surface area contributed by atoms with Gasteiger partial charge in [-0.2, -0.15) is 12.7 Å². The molecule has 0 aromatic carbocycles. The van der Waals surface area contributed by atoms with Crippen molar-refractivity contribution in [3.8, 4) is 0 Å². The number of hydrogen-bond acceptors (Lipinski definition) is 4. The summed E-state index contributed by atoms with van der Waals surface area (Å²) < 4.78 is 30.9. The minimum atomic E-state index is -3.77. The monoisotopic (exact) mass is 270 g/mol. The van der Waals surface area contributed by atoms with E-state index in [9.17, 15) is 13.2 Å². The molecular formula is C8H15ClN2O4S. The second-order valence-electron chi connectivity index (χ2n) is 3.49. The van der Waals surface area contributed by atoms with Crippen LogP contribution >= 0.6 is 11.6 Å². The van der Waals surface area contributed by atoms with E-state index in [1.54, 1.807) is 6.92 Å². The number of nitrogens with one attached hydrogen (secondary N) is 1. The molecule has 1 atom stereocenters. The second kappa shape index (κ2) is 5.70. The summed E-state index contributed by atoms with van der Waals surface area (Å²) in [5.41, 5.74) is 0. The highest BCUT2D eigenvalue weighted by Crippen LogP contribution is 2.19. The van der Waals surface area contributed by atoms with Crippen molar-refractivity contribution in [3.05, 3.63) is 0 Å². The summed E-state index contributed by atoms with van der Waals surface area (Å²) in [6.45, 7) is 2.46. The fourth-order valence-corrected chi connectivity index (χ4v) is 2.88. The molecule has 1 rings (SSSR count). The normalized spacial score (nSPS) is 22.0. The molecule has 0 aliphatic carbocycles. The predicted octanol–water partition coefficient (Wildman–Crippen LogP) is 0.538. The van der Waals surface area contributed by atoms with Gasteiger partial charge >= 0.3 is 16.3 Å².